The summed E-state index contributed by atoms with van der Waals surface area (Å²) in [7, 11) is 1.88. The van der Waals surface area contributed by atoms with Crippen molar-refractivity contribution in [3.05, 3.63) is 11.9 Å². The molecule has 2 rings (SSSR count). The van der Waals surface area contributed by atoms with E-state index in [1.807, 2.05) is 20.0 Å². The number of nitrogens with one attached hydrogen (secondary N) is 2. The summed E-state index contributed by atoms with van der Waals surface area (Å²) < 4.78 is 0. The van der Waals surface area contributed by atoms with E-state index in [0.29, 0.717) is 0 Å². The molecule has 1 aliphatic rings. The Hall–Kier alpha value is -1.32. The zero-order valence-corrected chi connectivity index (χ0v) is 11.0. The molecule has 4 heteroatoms. The number of rotatable bonds is 4. The maximum Gasteiger partial charge on any atom is 0.131 e. The summed E-state index contributed by atoms with van der Waals surface area (Å²) in [5, 5.41) is 6.48. The van der Waals surface area contributed by atoms with E-state index in [-0.39, 0.29) is 0 Å². The van der Waals surface area contributed by atoms with Gasteiger partial charge in [0.1, 0.15) is 17.5 Å². The van der Waals surface area contributed by atoms with Gasteiger partial charge in [-0.15, -0.1) is 0 Å². The molecule has 0 aliphatic heterocycles. The molecule has 0 amide bonds. The van der Waals surface area contributed by atoms with Crippen molar-refractivity contribution in [3.8, 4) is 0 Å². The molecule has 2 N–H and O–H groups in total. The molecule has 0 bridgehead atoms. The van der Waals surface area contributed by atoms with Gasteiger partial charge in [0.25, 0.3) is 0 Å². The summed E-state index contributed by atoms with van der Waals surface area (Å²) in [4.78, 5) is 8.68. The van der Waals surface area contributed by atoms with Gasteiger partial charge in [0.2, 0.25) is 0 Å². The number of anilines is 2. The van der Waals surface area contributed by atoms with Crippen LogP contribution in [-0.4, -0.2) is 23.6 Å². The van der Waals surface area contributed by atoms with E-state index in [9.17, 15) is 0 Å². The minimum atomic E-state index is 0.804. The first kappa shape index (κ1) is 12.1. The lowest BCUT2D eigenvalue weighted by Crippen LogP contribution is -2.13. The van der Waals surface area contributed by atoms with Crippen LogP contribution in [0, 0.1) is 18.8 Å². The van der Waals surface area contributed by atoms with Crippen LogP contribution in [0.25, 0.3) is 0 Å². The Bertz CT molecular complexity index is 378. The molecule has 94 valence electrons. The Morgan fingerprint density at radius 1 is 1.29 bits per heavy atom. The second-order valence-electron chi connectivity index (χ2n) is 5.10. The van der Waals surface area contributed by atoms with Gasteiger partial charge in [-0.3, -0.25) is 0 Å². The minimum absolute atomic E-state index is 0.804. The predicted molar refractivity (Wildman–Crippen MR) is 71.3 cm³/mol. The Labute approximate surface area is 103 Å². The second kappa shape index (κ2) is 5.34. The van der Waals surface area contributed by atoms with Crippen LogP contribution >= 0.6 is 0 Å². The lowest BCUT2D eigenvalue weighted by atomic mass is 10.1. The van der Waals surface area contributed by atoms with E-state index in [2.05, 4.69) is 27.5 Å². The summed E-state index contributed by atoms with van der Waals surface area (Å²) in [5.74, 6) is 4.31. The Morgan fingerprint density at radius 2 is 2.06 bits per heavy atom. The zero-order chi connectivity index (χ0) is 12.3. The Balaban J connectivity index is 1.92. The van der Waals surface area contributed by atoms with Crippen molar-refractivity contribution in [1.82, 2.24) is 9.97 Å². The van der Waals surface area contributed by atoms with Gasteiger partial charge in [-0.05, 0) is 31.6 Å². The number of hydrogen-bond acceptors (Lipinski definition) is 4. The standard InChI is InChI=1S/C13H22N4/c1-9-4-5-11(6-9)8-15-13-7-12(14-3)16-10(2)17-13/h7,9,11H,4-6,8H2,1-3H3,(H2,14,15,16,17). The highest BCUT2D eigenvalue weighted by atomic mass is 15.1. The molecule has 1 heterocycles. The first-order valence-corrected chi connectivity index (χ1v) is 6.44. The van der Waals surface area contributed by atoms with Gasteiger partial charge in [-0.2, -0.15) is 0 Å². The maximum absolute atomic E-state index is 4.40. The van der Waals surface area contributed by atoms with Gasteiger partial charge in [0.05, 0.1) is 0 Å². The lowest BCUT2D eigenvalue weighted by Gasteiger charge is -2.12. The predicted octanol–water partition coefficient (Wildman–Crippen LogP) is 2.67. The van der Waals surface area contributed by atoms with Crippen molar-refractivity contribution in [2.75, 3.05) is 24.2 Å². The topological polar surface area (TPSA) is 49.8 Å². The smallest absolute Gasteiger partial charge is 0.131 e. The summed E-state index contributed by atoms with van der Waals surface area (Å²) in [6.45, 7) is 5.29. The van der Waals surface area contributed by atoms with Crippen molar-refractivity contribution in [2.45, 2.75) is 33.1 Å². The summed E-state index contributed by atoms with van der Waals surface area (Å²) in [5.41, 5.74) is 0. The van der Waals surface area contributed by atoms with Crippen molar-refractivity contribution < 1.29 is 0 Å². The molecule has 1 aromatic rings. The van der Waals surface area contributed by atoms with Crippen molar-refractivity contribution in [2.24, 2.45) is 11.8 Å². The fourth-order valence-electron chi connectivity index (χ4n) is 2.55. The molecule has 0 spiro atoms. The van der Waals surface area contributed by atoms with E-state index >= 15 is 0 Å². The molecule has 0 saturated heterocycles. The van der Waals surface area contributed by atoms with Crippen LogP contribution in [0.4, 0.5) is 11.6 Å². The fraction of sp³-hybridized carbons (Fsp3) is 0.692. The van der Waals surface area contributed by atoms with Crippen LogP contribution < -0.4 is 10.6 Å². The highest BCUT2D eigenvalue weighted by Crippen LogP contribution is 2.30. The SMILES string of the molecule is CNc1cc(NCC2CCC(C)C2)nc(C)n1. The average Bonchev–Trinajstić information content (AvgIpc) is 2.72. The molecule has 1 aromatic heterocycles. The monoisotopic (exact) mass is 234 g/mol. The van der Waals surface area contributed by atoms with Crippen molar-refractivity contribution >= 4 is 11.6 Å². The number of nitrogens with zero attached hydrogens (tertiary/aromatic N) is 2. The molecule has 2 atom stereocenters. The van der Waals surface area contributed by atoms with E-state index in [0.717, 1.165) is 35.8 Å². The normalized spacial score (nSPS) is 23.7. The van der Waals surface area contributed by atoms with Gasteiger partial charge in [-0.25, -0.2) is 9.97 Å². The Kier molecular flexibility index (Phi) is 3.82. The van der Waals surface area contributed by atoms with Gasteiger partial charge in [0, 0.05) is 19.7 Å². The van der Waals surface area contributed by atoms with Crippen LogP contribution in [-0.2, 0) is 0 Å². The fourth-order valence-corrected chi connectivity index (χ4v) is 2.55. The molecule has 17 heavy (non-hydrogen) atoms. The molecular formula is C13H22N4. The van der Waals surface area contributed by atoms with Gasteiger partial charge >= 0.3 is 0 Å². The molecule has 1 fully saturated rings. The van der Waals surface area contributed by atoms with Gasteiger partial charge < -0.3 is 10.6 Å². The third kappa shape index (κ3) is 3.32. The summed E-state index contributed by atoms with van der Waals surface area (Å²) in [6, 6.07) is 1.96. The molecule has 0 radical (unpaired) electrons. The van der Waals surface area contributed by atoms with E-state index in [1.165, 1.54) is 19.3 Å². The number of aromatic nitrogens is 2. The molecule has 1 aliphatic carbocycles. The van der Waals surface area contributed by atoms with Gasteiger partial charge in [0.15, 0.2) is 0 Å². The molecule has 1 saturated carbocycles. The second-order valence-corrected chi connectivity index (χ2v) is 5.10. The third-order valence-electron chi connectivity index (χ3n) is 3.47. The zero-order valence-electron chi connectivity index (χ0n) is 11.0. The quantitative estimate of drug-likeness (QED) is 0.841. The van der Waals surface area contributed by atoms with Crippen LogP contribution in [0.3, 0.4) is 0 Å². The average molecular weight is 234 g/mol. The third-order valence-corrected chi connectivity index (χ3v) is 3.47. The molecular weight excluding hydrogens is 212 g/mol. The molecule has 4 nitrogen and oxygen atoms in total. The molecule has 0 aromatic carbocycles. The van der Waals surface area contributed by atoms with Crippen LogP contribution in [0.15, 0.2) is 6.07 Å². The minimum Gasteiger partial charge on any atom is -0.373 e. The first-order valence-electron chi connectivity index (χ1n) is 6.44. The maximum atomic E-state index is 4.40. The van der Waals surface area contributed by atoms with E-state index in [4.69, 9.17) is 0 Å². The van der Waals surface area contributed by atoms with Crippen LogP contribution in [0.5, 0.6) is 0 Å². The highest BCUT2D eigenvalue weighted by molar-refractivity contribution is 5.47. The highest BCUT2D eigenvalue weighted by Gasteiger charge is 2.20. The van der Waals surface area contributed by atoms with Crippen LogP contribution in [0.1, 0.15) is 32.0 Å². The van der Waals surface area contributed by atoms with Crippen LogP contribution in [0.2, 0.25) is 0 Å². The lowest BCUT2D eigenvalue weighted by molar-refractivity contribution is 0.536. The summed E-state index contributed by atoms with van der Waals surface area (Å²) in [6.07, 6.45) is 4.06. The van der Waals surface area contributed by atoms with E-state index in [1.54, 1.807) is 0 Å². The first-order chi connectivity index (χ1) is 8.17. The summed E-state index contributed by atoms with van der Waals surface area (Å²) >= 11 is 0. The largest absolute Gasteiger partial charge is 0.373 e. The Morgan fingerprint density at radius 3 is 2.71 bits per heavy atom. The van der Waals surface area contributed by atoms with E-state index < -0.39 is 0 Å². The molecule has 2 unspecified atom stereocenters. The van der Waals surface area contributed by atoms with Crippen molar-refractivity contribution in [3.63, 3.8) is 0 Å². The van der Waals surface area contributed by atoms with Crippen molar-refractivity contribution in [1.29, 1.82) is 0 Å². The number of aryl methyl sites for hydroxylation is 1. The van der Waals surface area contributed by atoms with Gasteiger partial charge in [-0.1, -0.05) is 13.3 Å². The number of hydrogen-bond donors (Lipinski definition) is 2.